The van der Waals surface area contributed by atoms with Gasteiger partial charge in [-0.1, -0.05) is 11.6 Å². The third-order valence-corrected chi connectivity index (χ3v) is 5.58. The van der Waals surface area contributed by atoms with Crippen LogP contribution in [0.15, 0.2) is 66.1 Å². The monoisotopic (exact) mass is 456 g/mol. The van der Waals surface area contributed by atoms with Crippen molar-refractivity contribution in [2.24, 2.45) is 0 Å². The fourth-order valence-corrected chi connectivity index (χ4v) is 3.78. The fourth-order valence-electron chi connectivity index (χ4n) is 2.90. The molecule has 0 aliphatic rings. The molecule has 0 unspecified atom stereocenters. The highest BCUT2D eigenvalue weighted by Gasteiger charge is 2.13. The van der Waals surface area contributed by atoms with Gasteiger partial charge in [-0.3, -0.25) is 4.98 Å². The van der Waals surface area contributed by atoms with Crippen LogP contribution in [0.2, 0.25) is 5.02 Å². The van der Waals surface area contributed by atoms with Gasteiger partial charge >= 0.3 is 0 Å². The van der Waals surface area contributed by atoms with E-state index < -0.39 is 5.82 Å². The van der Waals surface area contributed by atoms with Crippen LogP contribution in [-0.2, 0) is 0 Å². The molecule has 0 atom stereocenters. The van der Waals surface area contributed by atoms with Crippen LogP contribution >= 0.6 is 23.4 Å². The average molecular weight is 457 g/mol. The maximum absolute atomic E-state index is 14.2. The number of hydrogen-bond donors (Lipinski definition) is 1. The molecule has 2 aromatic carbocycles. The second kappa shape index (κ2) is 9.80. The molecular formula is C22H18ClFN4O2S. The predicted molar refractivity (Wildman–Crippen MR) is 121 cm³/mol. The van der Waals surface area contributed by atoms with Crippen LogP contribution in [-0.4, -0.2) is 34.4 Å². The normalized spacial score (nSPS) is 10.8. The molecule has 0 aliphatic carbocycles. The van der Waals surface area contributed by atoms with E-state index in [-0.39, 0.29) is 5.69 Å². The minimum atomic E-state index is -0.474. The Morgan fingerprint density at radius 3 is 2.68 bits per heavy atom. The second-order valence-corrected chi connectivity index (χ2v) is 7.98. The first-order chi connectivity index (χ1) is 15.1. The molecule has 0 fully saturated rings. The van der Waals surface area contributed by atoms with Crippen molar-refractivity contribution in [1.82, 2.24) is 15.0 Å². The molecule has 9 heteroatoms. The highest BCUT2D eigenvalue weighted by molar-refractivity contribution is 7.99. The predicted octanol–water partition coefficient (Wildman–Crippen LogP) is 5.74. The Kier molecular flexibility index (Phi) is 6.69. The molecule has 158 valence electrons. The molecular weight excluding hydrogens is 439 g/mol. The highest BCUT2D eigenvalue weighted by Crippen LogP contribution is 2.35. The number of anilines is 2. The minimum Gasteiger partial charge on any atom is -0.493 e. The van der Waals surface area contributed by atoms with E-state index in [0.29, 0.717) is 39.8 Å². The zero-order valence-corrected chi connectivity index (χ0v) is 18.1. The Bertz CT molecular complexity index is 1200. The molecule has 1 N–H and O–H groups in total. The van der Waals surface area contributed by atoms with Gasteiger partial charge in [0.2, 0.25) is 0 Å². The smallest absolute Gasteiger partial charge is 0.163 e. The van der Waals surface area contributed by atoms with Gasteiger partial charge in [-0.15, -0.1) is 11.8 Å². The van der Waals surface area contributed by atoms with Crippen molar-refractivity contribution in [3.63, 3.8) is 0 Å². The Hall–Kier alpha value is -3.10. The molecule has 31 heavy (non-hydrogen) atoms. The van der Waals surface area contributed by atoms with Crippen molar-refractivity contribution in [3.05, 3.63) is 72.0 Å². The number of hydrogen-bond acceptors (Lipinski definition) is 7. The number of rotatable bonds is 8. The van der Waals surface area contributed by atoms with Gasteiger partial charge < -0.3 is 14.8 Å². The van der Waals surface area contributed by atoms with Crippen LogP contribution in [0.5, 0.6) is 11.5 Å². The summed E-state index contributed by atoms with van der Waals surface area (Å²) in [4.78, 5) is 13.7. The van der Waals surface area contributed by atoms with E-state index in [2.05, 4.69) is 20.3 Å². The Balaban J connectivity index is 1.53. The van der Waals surface area contributed by atoms with Crippen molar-refractivity contribution in [3.8, 4) is 11.5 Å². The van der Waals surface area contributed by atoms with E-state index in [1.165, 1.54) is 12.4 Å². The average Bonchev–Trinajstić information content (AvgIpc) is 2.79. The number of pyridine rings is 1. The van der Waals surface area contributed by atoms with Crippen molar-refractivity contribution in [2.45, 2.75) is 4.90 Å². The van der Waals surface area contributed by atoms with Crippen LogP contribution in [0.3, 0.4) is 0 Å². The summed E-state index contributed by atoms with van der Waals surface area (Å²) in [7, 11) is 1.56. The molecule has 4 rings (SSSR count). The lowest BCUT2D eigenvalue weighted by molar-refractivity contribution is 0.314. The Labute approximate surface area is 187 Å². The number of nitrogens with one attached hydrogen (secondary N) is 1. The molecule has 0 spiro atoms. The minimum absolute atomic E-state index is 0.261. The number of nitrogens with zero attached hydrogens (tertiary/aromatic N) is 3. The first-order valence-corrected chi connectivity index (χ1v) is 10.7. The van der Waals surface area contributed by atoms with E-state index in [4.69, 9.17) is 21.1 Å². The maximum atomic E-state index is 14.2. The van der Waals surface area contributed by atoms with Gasteiger partial charge in [-0.05, 0) is 36.4 Å². The van der Waals surface area contributed by atoms with Gasteiger partial charge in [-0.2, -0.15) is 0 Å². The van der Waals surface area contributed by atoms with Crippen molar-refractivity contribution < 1.29 is 13.9 Å². The van der Waals surface area contributed by atoms with E-state index >= 15 is 0 Å². The molecule has 0 amide bonds. The standard InChI is InChI=1S/C22H18ClFN4O2S/c1-29-20-11-16-19(12-21(20)30-8-9-31-15-4-6-25-7-5-15)26-13-27-22(16)28-18-3-2-14(23)10-17(18)24/h2-7,10-13H,8-9H2,1H3,(H,26,27,28). The topological polar surface area (TPSA) is 69.2 Å². The molecule has 2 aromatic heterocycles. The van der Waals surface area contributed by atoms with Crippen LogP contribution in [0.25, 0.3) is 10.9 Å². The van der Waals surface area contributed by atoms with Crippen molar-refractivity contribution >= 4 is 45.8 Å². The third-order valence-electron chi connectivity index (χ3n) is 4.36. The van der Waals surface area contributed by atoms with Gasteiger partial charge in [0.1, 0.15) is 18.0 Å². The largest absolute Gasteiger partial charge is 0.493 e. The number of methoxy groups -OCH3 is 1. The molecule has 0 aliphatic heterocycles. The molecule has 2 heterocycles. The number of benzene rings is 2. The van der Waals surface area contributed by atoms with Gasteiger partial charge in [0, 0.05) is 39.5 Å². The summed E-state index contributed by atoms with van der Waals surface area (Å²) in [5.41, 5.74) is 0.904. The van der Waals surface area contributed by atoms with Crippen LogP contribution in [0.1, 0.15) is 0 Å². The summed E-state index contributed by atoms with van der Waals surface area (Å²) in [6, 6.07) is 11.9. The first kappa shape index (κ1) is 21.1. The SMILES string of the molecule is COc1cc2c(Nc3ccc(Cl)cc3F)ncnc2cc1OCCSc1ccncc1. The summed E-state index contributed by atoms with van der Waals surface area (Å²) >= 11 is 7.51. The summed E-state index contributed by atoms with van der Waals surface area (Å²) in [5.74, 6) is 1.85. The zero-order chi connectivity index (χ0) is 21.6. The number of aromatic nitrogens is 3. The molecule has 4 aromatic rings. The lowest BCUT2D eigenvalue weighted by Crippen LogP contribution is -2.03. The molecule has 0 saturated carbocycles. The van der Waals surface area contributed by atoms with E-state index in [9.17, 15) is 4.39 Å². The fraction of sp³-hybridized carbons (Fsp3) is 0.136. The molecule has 6 nitrogen and oxygen atoms in total. The van der Waals surface area contributed by atoms with E-state index in [1.54, 1.807) is 55.5 Å². The van der Waals surface area contributed by atoms with Gasteiger partial charge in [0.15, 0.2) is 11.5 Å². The summed E-state index contributed by atoms with van der Waals surface area (Å²) < 4.78 is 25.6. The number of ether oxygens (including phenoxy) is 2. The summed E-state index contributed by atoms with van der Waals surface area (Å²) in [5, 5.41) is 3.99. The molecule has 0 saturated heterocycles. The summed E-state index contributed by atoms with van der Waals surface area (Å²) in [6.07, 6.45) is 4.93. The van der Waals surface area contributed by atoms with Gasteiger partial charge in [0.25, 0.3) is 0 Å². The molecule has 0 bridgehead atoms. The summed E-state index contributed by atoms with van der Waals surface area (Å²) in [6.45, 7) is 0.487. The number of halogens is 2. The zero-order valence-electron chi connectivity index (χ0n) is 16.5. The van der Waals surface area contributed by atoms with Crippen LogP contribution in [0.4, 0.5) is 15.9 Å². The van der Waals surface area contributed by atoms with Gasteiger partial charge in [-0.25, -0.2) is 14.4 Å². The third kappa shape index (κ3) is 5.15. The quantitative estimate of drug-likeness (QED) is 0.268. The lowest BCUT2D eigenvalue weighted by atomic mass is 10.2. The highest BCUT2D eigenvalue weighted by atomic mass is 35.5. The Morgan fingerprint density at radius 2 is 1.90 bits per heavy atom. The van der Waals surface area contributed by atoms with Crippen LogP contribution in [0, 0.1) is 5.82 Å². The first-order valence-electron chi connectivity index (χ1n) is 9.34. The van der Waals surface area contributed by atoms with E-state index in [0.717, 1.165) is 10.6 Å². The maximum Gasteiger partial charge on any atom is 0.163 e. The number of thioether (sulfide) groups is 1. The van der Waals surface area contributed by atoms with E-state index in [1.807, 2.05) is 12.1 Å². The van der Waals surface area contributed by atoms with Crippen molar-refractivity contribution in [1.29, 1.82) is 0 Å². The van der Waals surface area contributed by atoms with Crippen LogP contribution < -0.4 is 14.8 Å². The Morgan fingerprint density at radius 1 is 1.06 bits per heavy atom. The lowest BCUT2D eigenvalue weighted by Gasteiger charge is -2.14. The molecule has 0 radical (unpaired) electrons. The second-order valence-electron chi connectivity index (χ2n) is 6.37. The number of fused-ring (bicyclic) bond motifs is 1. The van der Waals surface area contributed by atoms with Gasteiger partial charge in [0.05, 0.1) is 24.9 Å². The van der Waals surface area contributed by atoms with Crippen molar-refractivity contribution in [2.75, 3.05) is 24.8 Å².